The highest BCUT2D eigenvalue weighted by Crippen LogP contribution is 2.15. The molecule has 1 aromatic rings. The topological polar surface area (TPSA) is 56.7 Å². The van der Waals surface area contributed by atoms with E-state index in [-0.39, 0.29) is 0 Å². The molecule has 0 aromatic carbocycles. The highest BCUT2D eigenvalue weighted by Gasteiger charge is 2.13. The van der Waals surface area contributed by atoms with Crippen LogP contribution in [0.4, 0.5) is 0 Å². The molecule has 0 unspecified atom stereocenters. The maximum atomic E-state index is 5.49. The summed E-state index contributed by atoms with van der Waals surface area (Å²) in [6.07, 6.45) is 11.0. The first-order chi connectivity index (χ1) is 8.42. The number of nitrogens with two attached hydrogens (primary N) is 1. The number of hydrogen-bond donors (Lipinski definition) is 1. The molecule has 96 valence electrons. The fraction of sp³-hybridized carbons (Fsp3) is 0.846. The number of unbranched alkanes of at least 4 members (excludes halogenated alkanes) is 3. The van der Waals surface area contributed by atoms with Crippen LogP contribution in [0.2, 0.25) is 0 Å². The standard InChI is InChI=1S/C13H24N4/c14-10-6-2-1-4-8-12-15-16-13-9-5-3-7-11-17(12)13/h1-11,14H2. The van der Waals surface area contributed by atoms with Gasteiger partial charge in [0.15, 0.2) is 0 Å². The zero-order chi connectivity index (χ0) is 11.9. The van der Waals surface area contributed by atoms with Gasteiger partial charge in [-0.25, -0.2) is 0 Å². The molecule has 4 nitrogen and oxygen atoms in total. The van der Waals surface area contributed by atoms with E-state index >= 15 is 0 Å². The lowest BCUT2D eigenvalue weighted by Crippen LogP contribution is -2.06. The average molecular weight is 236 g/mol. The van der Waals surface area contributed by atoms with Crippen LogP contribution < -0.4 is 5.73 Å². The van der Waals surface area contributed by atoms with Gasteiger partial charge in [0.2, 0.25) is 0 Å². The van der Waals surface area contributed by atoms with Gasteiger partial charge < -0.3 is 10.3 Å². The van der Waals surface area contributed by atoms with Crippen molar-refractivity contribution in [3.05, 3.63) is 11.6 Å². The Kier molecular flexibility index (Phi) is 4.98. The predicted molar refractivity (Wildman–Crippen MR) is 68.8 cm³/mol. The number of nitrogens with zero attached hydrogens (tertiary/aromatic N) is 3. The summed E-state index contributed by atoms with van der Waals surface area (Å²) < 4.78 is 2.36. The van der Waals surface area contributed by atoms with E-state index in [1.807, 2.05) is 0 Å². The highest BCUT2D eigenvalue weighted by atomic mass is 15.3. The first kappa shape index (κ1) is 12.6. The summed E-state index contributed by atoms with van der Waals surface area (Å²) in [5.74, 6) is 2.41. The van der Waals surface area contributed by atoms with Crippen LogP contribution in [0.3, 0.4) is 0 Å². The van der Waals surface area contributed by atoms with Gasteiger partial charge in [0.05, 0.1) is 0 Å². The lowest BCUT2D eigenvalue weighted by molar-refractivity contribution is 0.579. The Labute approximate surface area is 104 Å². The molecule has 4 heteroatoms. The molecule has 17 heavy (non-hydrogen) atoms. The van der Waals surface area contributed by atoms with Crippen molar-refractivity contribution in [1.82, 2.24) is 14.8 Å². The number of aromatic nitrogens is 3. The van der Waals surface area contributed by atoms with E-state index in [0.29, 0.717) is 0 Å². The van der Waals surface area contributed by atoms with Crippen molar-refractivity contribution >= 4 is 0 Å². The van der Waals surface area contributed by atoms with Crippen molar-refractivity contribution in [2.75, 3.05) is 6.54 Å². The van der Waals surface area contributed by atoms with E-state index in [0.717, 1.165) is 32.4 Å². The molecule has 0 atom stereocenters. The van der Waals surface area contributed by atoms with Crippen molar-refractivity contribution < 1.29 is 0 Å². The van der Waals surface area contributed by atoms with Gasteiger partial charge >= 0.3 is 0 Å². The predicted octanol–water partition coefficient (Wildman–Crippen LogP) is 2.07. The molecule has 2 N–H and O–H groups in total. The first-order valence-electron chi connectivity index (χ1n) is 7.03. The van der Waals surface area contributed by atoms with Crippen LogP contribution >= 0.6 is 0 Å². The Morgan fingerprint density at radius 1 is 1.00 bits per heavy atom. The number of hydrogen-bond acceptors (Lipinski definition) is 3. The second-order valence-corrected chi connectivity index (χ2v) is 4.95. The van der Waals surface area contributed by atoms with Crippen LogP contribution in [0.15, 0.2) is 0 Å². The van der Waals surface area contributed by atoms with E-state index in [1.54, 1.807) is 0 Å². The minimum Gasteiger partial charge on any atom is -0.330 e. The summed E-state index contributed by atoms with van der Waals surface area (Å²) in [6.45, 7) is 1.95. The summed E-state index contributed by atoms with van der Waals surface area (Å²) in [6, 6.07) is 0. The molecule has 0 saturated heterocycles. The molecule has 1 aliphatic heterocycles. The third-order valence-corrected chi connectivity index (χ3v) is 3.54. The molecular formula is C13H24N4. The summed E-state index contributed by atoms with van der Waals surface area (Å²) >= 11 is 0. The molecule has 0 fully saturated rings. The second-order valence-electron chi connectivity index (χ2n) is 4.95. The van der Waals surface area contributed by atoms with Gasteiger partial charge in [0.25, 0.3) is 0 Å². The third kappa shape index (κ3) is 3.53. The van der Waals surface area contributed by atoms with Gasteiger partial charge in [0.1, 0.15) is 11.6 Å². The van der Waals surface area contributed by atoms with Crippen molar-refractivity contribution in [1.29, 1.82) is 0 Å². The van der Waals surface area contributed by atoms with Gasteiger partial charge in [-0.05, 0) is 32.2 Å². The van der Waals surface area contributed by atoms with Crippen LogP contribution in [0, 0.1) is 0 Å². The van der Waals surface area contributed by atoms with Crippen molar-refractivity contribution in [3.8, 4) is 0 Å². The molecule has 1 aliphatic rings. The fourth-order valence-corrected chi connectivity index (χ4v) is 2.51. The lowest BCUT2D eigenvalue weighted by Gasteiger charge is -2.06. The molecule has 0 bridgehead atoms. The molecule has 2 rings (SSSR count). The van der Waals surface area contributed by atoms with Crippen molar-refractivity contribution in [3.63, 3.8) is 0 Å². The minimum absolute atomic E-state index is 0.820. The molecule has 0 amide bonds. The SMILES string of the molecule is NCCCCCCc1nnc2n1CCCCC2. The average Bonchev–Trinajstić information content (AvgIpc) is 2.59. The van der Waals surface area contributed by atoms with Crippen molar-refractivity contribution in [2.45, 2.75) is 64.3 Å². The highest BCUT2D eigenvalue weighted by molar-refractivity contribution is 4.98. The molecule has 0 saturated carbocycles. The Morgan fingerprint density at radius 2 is 1.88 bits per heavy atom. The molecule has 0 aliphatic carbocycles. The van der Waals surface area contributed by atoms with Gasteiger partial charge in [-0.15, -0.1) is 10.2 Å². The second kappa shape index (κ2) is 6.74. The Hall–Kier alpha value is -0.900. The van der Waals surface area contributed by atoms with Gasteiger partial charge in [-0.2, -0.15) is 0 Å². The van der Waals surface area contributed by atoms with E-state index in [1.165, 1.54) is 50.2 Å². The Morgan fingerprint density at radius 3 is 2.76 bits per heavy atom. The smallest absolute Gasteiger partial charge is 0.132 e. The minimum atomic E-state index is 0.820. The molecule has 0 spiro atoms. The van der Waals surface area contributed by atoms with Crippen LogP contribution in [-0.2, 0) is 19.4 Å². The van der Waals surface area contributed by atoms with Crippen LogP contribution in [0.25, 0.3) is 0 Å². The summed E-state index contributed by atoms with van der Waals surface area (Å²) in [5.41, 5.74) is 5.49. The normalized spacial score (nSPS) is 15.6. The molecule has 1 aromatic heterocycles. The number of rotatable bonds is 6. The zero-order valence-corrected chi connectivity index (χ0v) is 10.7. The summed E-state index contributed by atoms with van der Waals surface area (Å²) in [4.78, 5) is 0. The van der Waals surface area contributed by atoms with Crippen LogP contribution in [-0.4, -0.2) is 21.3 Å². The van der Waals surface area contributed by atoms with Gasteiger partial charge in [-0.1, -0.05) is 19.3 Å². The fourth-order valence-electron chi connectivity index (χ4n) is 2.51. The Balaban J connectivity index is 1.82. The van der Waals surface area contributed by atoms with E-state index < -0.39 is 0 Å². The third-order valence-electron chi connectivity index (χ3n) is 3.54. The largest absolute Gasteiger partial charge is 0.330 e. The maximum Gasteiger partial charge on any atom is 0.132 e. The van der Waals surface area contributed by atoms with E-state index in [2.05, 4.69) is 14.8 Å². The summed E-state index contributed by atoms with van der Waals surface area (Å²) in [5, 5.41) is 8.67. The maximum absolute atomic E-state index is 5.49. The monoisotopic (exact) mass is 236 g/mol. The van der Waals surface area contributed by atoms with E-state index in [4.69, 9.17) is 5.73 Å². The van der Waals surface area contributed by atoms with Gasteiger partial charge in [-0.3, -0.25) is 0 Å². The van der Waals surface area contributed by atoms with Crippen LogP contribution in [0.1, 0.15) is 56.6 Å². The number of fused-ring (bicyclic) bond motifs is 1. The van der Waals surface area contributed by atoms with Crippen LogP contribution in [0.5, 0.6) is 0 Å². The molecule has 0 radical (unpaired) electrons. The summed E-state index contributed by atoms with van der Waals surface area (Å²) in [7, 11) is 0. The van der Waals surface area contributed by atoms with Crippen molar-refractivity contribution in [2.24, 2.45) is 5.73 Å². The van der Waals surface area contributed by atoms with Gasteiger partial charge in [0, 0.05) is 19.4 Å². The molecule has 2 heterocycles. The Bertz CT molecular complexity index is 332. The number of aryl methyl sites for hydroxylation is 2. The zero-order valence-electron chi connectivity index (χ0n) is 10.7. The lowest BCUT2D eigenvalue weighted by atomic mass is 10.1. The molecular weight excluding hydrogens is 212 g/mol. The van der Waals surface area contributed by atoms with E-state index in [9.17, 15) is 0 Å². The quantitative estimate of drug-likeness (QED) is 0.769. The first-order valence-corrected chi connectivity index (χ1v) is 7.03.